The average molecular weight is 111 g/mol. The van der Waals surface area contributed by atoms with E-state index in [1.165, 1.54) is 5.94 Å². The van der Waals surface area contributed by atoms with Gasteiger partial charge in [-0.3, -0.25) is 5.32 Å². The predicted molar refractivity (Wildman–Crippen MR) is 22.6 cm³/mol. The summed E-state index contributed by atoms with van der Waals surface area (Å²) >= 11 is 0. The summed E-state index contributed by atoms with van der Waals surface area (Å²) in [4.78, 5) is 19.7. The largest absolute Gasteiger partial charge is 0.365 e. The van der Waals surface area contributed by atoms with E-state index in [0.717, 1.165) is 0 Å². The first-order chi connectivity index (χ1) is 3.83. The van der Waals surface area contributed by atoms with Gasteiger partial charge in [0.2, 0.25) is 5.82 Å². The smallest absolute Gasteiger partial charge is 0.278 e. The molecule has 40 valence electrons. The minimum absolute atomic E-state index is 0.157. The quantitative estimate of drug-likeness (QED) is 0.441. The molecule has 0 saturated heterocycles. The number of hydrogen-bond acceptors (Lipinski definition) is 3. The zero-order valence-electron chi connectivity index (χ0n) is 3.71. The van der Waals surface area contributed by atoms with Crippen LogP contribution in [0.15, 0.2) is 16.0 Å². The number of amides is 2. The van der Waals surface area contributed by atoms with Gasteiger partial charge in [0.25, 0.3) is 0 Å². The van der Waals surface area contributed by atoms with Crippen LogP contribution < -0.4 is 5.32 Å². The van der Waals surface area contributed by atoms with E-state index in [1.54, 1.807) is 0 Å². The maximum Gasteiger partial charge on any atom is 0.365 e. The summed E-state index contributed by atoms with van der Waals surface area (Å²) in [5.74, 6) is 1.21. The predicted octanol–water partition coefficient (Wildman–Crippen LogP) is -0.165. The SMILES string of the molecule is O=C=C1N=NC(=O)N1. The van der Waals surface area contributed by atoms with Crippen LogP contribution in [0.3, 0.4) is 0 Å². The Morgan fingerprint density at radius 3 is 2.50 bits per heavy atom. The molecule has 0 fully saturated rings. The van der Waals surface area contributed by atoms with Crippen molar-refractivity contribution < 1.29 is 9.59 Å². The Bertz CT molecular complexity index is 201. The second-order valence-electron chi connectivity index (χ2n) is 1.08. The first-order valence-electron chi connectivity index (χ1n) is 1.81. The highest BCUT2D eigenvalue weighted by molar-refractivity contribution is 5.80. The highest BCUT2D eigenvalue weighted by Crippen LogP contribution is 1.95. The van der Waals surface area contributed by atoms with Crippen molar-refractivity contribution in [3.63, 3.8) is 0 Å². The molecule has 1 heterocycles. The molecule has 5 nitrogen and oxygen atoms in total. The number of azo groups is 1. The van der Waals surface area contributed by atoms with E-state index < -0.39 is 6.03 Å². The van der Waals surface area contributed by atoms with Gasteiger partial charge in [0, 0.05) is 0 Å². The Morgan fingerprint density at radius 1 is 1.50 bits per heavy atom. The van der Waals surface area contributed by atoms with Gasteiger partial charge in [-0.15, -0.1) is 5.11 Å². The molecule has 0 radical (unpaired) electrons. The van der Waals surface area contributed by atoms with E-state index in [0.29, 0.717) is 0 Å². The molecule has 0 bridgehead atoms. The number of rotatable bonds is 0. The van der Waals surface area contributed by atoms with Crippen LogP contribution in [0.2, 0.25) is 0 Å². The van der Waals surface area contributed by atoms with Gasteiger partial charge in [0.15, 0.2) is 5.94 Å². The van der Waals surface area contributed by atoms with Gasteiger partial charge in [0.05, 0.1) is 0 Å². The molecule has 0 unspecified atom stereocenters. The molecule has 0 aromatic carbocycles. The zero-order chi connectivity index (χ0) is 5.98. The van der Waals surface area contributed by atoms with Crippen LogP contribution in [0.25, 0.3) is 0 Å². The molecule has 1 N–H and O–H groups in total. The van der Waals surface area contributed by atoms with E-state index >= 15 is 0 Å². The third-order valence-corrected chi connectivity index (χ3v) is 0.563. The van der Waals surface area contributed by atoms with Crippen molar-refractivity contribution in [1.29, 1.82) is 0 Å². The lowest BCUT2D eigenvalue weighted by molar-refractivity contribution is 0.253. The Kier molecular flexibility index (Phi) is 0.908. The van der Waals surface area contributed by atoms with E-state index in [1.807, 2.05) is 5.32 Å². The van der Waals surface area contributed by atoms with Crippen LogP contribution in [-0.2, 0) is 4.79 Å². The van der Waals surface area contributed by atoms with E-state index in [2.05, 4.69) is 10.2 Å². The molecular formula is C3HN3O2. The third kappa shape index (κ3) is 0.618. The molecule has 5 heteroatoms. The van der Waals surface area contributed by atoms with E-state index in [-0.39, 0.29) is 5.82 Å². The topological polar surface area (TPSA) is 70.9 Å². The summed E-state index contributed by atoms with van der Waals surface area (Å²) in [5, 5.41) is 8.08. The molecule has 1 aliphatic rings. The van der Waals surface area contributed by atoms with Crippen molar-refractivity contribution in [2.45, 2.75) is 0 Å². The van der Waals surface area contributed by atoms with Gasteiger partial charge >= 0.3 is 6.03 Å². The van der Waals surface area contributed by atoms with Crippen LogP contribution in [-0.4, -0.2) is 12.0 Å². The van der Waals surface area contributed by atoms with Crippen molar-refractivity contribution in [2.75, 3.05) is 0 Å². The van der Waals surface area contributed by atoms with Crippen LogP contribution >= 0.6 is 0 Å². The number of nitrogens with zero attached hydrogens (tertiary/aromatic N) is 2. The summed E-state index contributed by atoms with van der Waals surface area (Å²) in [6, 6.07) is -0.622. The third-order valence-electron chi connectivity index (χ3n) is 0.563. The average Bonchev–Trinajstić information content (AvgIpc) is 2.14. The van der Waals surface area contributed by atoms with Crippen LogP contribution in [0.5, 0.6) is 0 Å². The van der Waals surface area contributed by atoms with Crippen LogP contribution in [0.1, 0.15) is 0 Å². The molecule has 1 aliphatic heterocycles. The summed E-state index contributed by atoms with van der Waals surface area (Å²) in [6.45, 7) is 0. The fourth-order valence-electron chi connectivity index (χ4n) is 0.293. The fraction of sp³-hybridized carbons (Fsp3) is 0. The lowest BCUT2D eigenvalue weighted by atomic mass is 10.8. The van der Waals surface area contributed by atoms with Gasteiger partial charge in [-0.25, -0.2) is 9.59 Å². The van der Waals surface area contributed by atoms with Crippen LogP contribution in [0, 0.1) is 0 Å². The minimum atomic E-state index is -0.622. The summed E-state index contributed by atoms with van der Waals surface area (Å²) < 4.78 is 0. The maximum absolute atomic E-state index is 10.0. The number of carbonyl (C=O) groups is 1. The van der Waals surface area contributed by atoms with Gasteiger partial charge < -0.3 is 0 Å². The lowest BCUT2D eigenvalue weighted by Crippen LogP contribution is -2.10. The Labute approximate surface area is 44.1 Å². The fourth-order valence-corrected chi connectivity index (χ4v) is 0.293. The van der Waals surface area contributed by atoms with Gasteiger partial charge in [0.1, 0.15) is 0 Å². The monoisotopic (exact) mass is 111 g/mol. The summed E-state index contributed by atoms with van der Waals surface area (Å²) in [5.41, 5.74) is 0. The molecule has 0 atom stereocenters. The highest BCUT2D eigenvalue weighted by atomic mass is 16.2. The number of urea groups is 1. The highest BCUT2D eigenvalue weighted by Gasteiger charge is 2.09. The summed E-state index contributed by atoms with van der Waals surface area (Å²) in [7, 11) is 0. The Morgan fingerprint density at radius 2 is 2.25 bits per heavy atom. The molecule has 0 aliphatic carbocycles. The van der Waals surface area contributed by atoms with E-state index in [9.17, 15) is 9.59 Å². The summed E-state index contributed by atoms with van der Waals surface area (Å²) in [6.07, 6.45) is 0. The standard InChI is InChI=1S/C3HN3O2/c7-1-2-4-3(8)6-5-2/h(H,4,8). The maximum atomic E-state index is 10.0. The van der Waals surface area contributed by atoms with Crippen molar-refractivity contribution in [3.8, 4) is 0 Å². The van der Waals surface area contributed by atoms with Gasteiger partial charge in [-0.2, -0.15) is 0 Å². The van der Waals surface area contributed by atoms with Crippen LogP contribution in [0.4, 0.5) is 4.79 Å². The molecule has 0 spiro atoms. The van der Waals surface area contributed by atoms with Gasteiger partial charge in [-0.05, 0) is 0 Å². The second-order valence-corrected chi connectivity index (χ2v) is 1.08. The molecule has 0 aromatic rings. The number of hydrogen-bond donors (Lipinski definition) is 1. The Balaban J connectivity index is 2.88. The molecule has 0 saturated carbocycles. The normalized spacial score (nSPS) is 16.0. The minimum Gasteiger partial charge on any atom is -0.278 e. The molecular weight excluding hydrogens is 110 g/mol. The lowest BCUT2D eigenvalue weighted by Gasteiger charge is -1.77. The van der Waals surface area contributed by atoms with Crippen molar-refractivity contribution >= 4 is 12.0 Å². The Hall–Kier alpha value is -1.48. The first kappa shape index (κ1) is 4.67. The van der Waals surface area contributed by atoms with Crippen molar-refractivity contribution in [3.05, 3.63) is 5.82 Å². The van der Waals surface area contributed by atoms with Gasteiger partial charge in [-0.1, -0.05) is 5.11 Å². The molecule has 2 amide bonds. The second kappa shape index (κ2) is 1.55. The molecule has 8 heavy (non-hydrogen) atoms. The molecule has 0 aromatic heterocycles. The molecule has 1 rings (SSSR count). The van der Waals surface area contributed by atoms with Crippen molar-refractivity contribution in [1.82, 2.24) is 5.32 Å². The van der Waals surface area contributed by atoms with E-state index in [4.69, 9.17) is 0 Å². The number of carbonyl (C=O) groups excluding carboxylic acids is 2. The number of nitrogens with one attached hydrogen (secondary N) is 1. The van der Waals surface area contributed by atoms with Crippen molar-refractivity contribution in [2.24, 2.45) is 10.2 Å². The first-order valence-corrected chi connectivity index (χ1v) is 1.81. The zero-order valence-corrected chi connectivity index (χ0v) is 3.71.